The van der Waals surface area contributed by atoms with E-state index < -0.39 is 12.0 Å². The van der Waals surface area contributed by atoms with E-state index >= 15 is 4.39 Å². The molecule has 0 radical (unpaired) electrons. The maximum absolute atomic E-state index is 15.6. The van der Waals surface area contributed by atoms with Crippen LogP contribution in [0.3, 0.4) is 0 Å². The number of hydrogen-bond donors (Lipinski definition) is 0. The second kappa shape index (κ2) is 12.0. The Kier molecular flexibility index (Phi) is 8.22. The van der Waals surface area contributed by atoms with Crippen LogP contribution in [0.2, 0.25) is 5.02 Å². The Morgan fingerprint density at radius 3 is 2.80 bits per heavy atom. The highest BCUT2D eigenvalue weighted by Crippen LogP contribution is 2.45. The van der Waals surface area contributed by atoms with Crippen LogP contribution in [-0.4, -0.2) is 83.0 Å². The molecule has 0 amide bonds. The normalized spacial score (nSPS) is 28.5. The van der Waals surface area contributed by atoms with Crippen LogP contribution in [0.4, 0.5) is 14.6 Å². The van der Waals surface area contributed by atoms with Gasteiger partial charge in [-0.1, -0.05) is 29.8 Å². The van der Waals surface area contributed by atoms with Crippen molar-refractivity contribution in [2.75, 3.05) is 38.3 Å². The van der Waals surface area contributed by atoms with Gasteiger partial charge in [-0.3, -0.25) is 9.80 Å². The van der Waals surface area contributed by atoms with Crippen molar-refractivity contribution in [1.29, 1.82) is 0 Å². The molecule has 5 heterocycles. The predicted octanol–water partition coefficient (Wildman–Crippen LogP) is 6.95. The van der Waals surface area contributed by atoms with Gasteiger partial charge in [0, 0.05) is 48.7 Å². The van der Waals surface area contributed by atoms with E-state index in [-0.39, 0.29) is 46.8 Å². The lowest BCUT2D eigenvalue weighted by Crippen LogP contribution is -2.59. The van der Waals surface area contributed by atoms with Crippen molar-refractivity contribution in [2.45, 2.75) is 74.9 Å². The number of benzene rings is 2. The van der Waals surface area contributed by atoms with E-state index in [0.717, 1.165) is 50.9 Å². The Morgan fingerprint density at radius 1 is 1.20 bits per heavy atom. The first kappa shape index (κ1) is 30.1. The number of fused-ring (bicyclic) bond motifs is 4. The average molecular weight is 689 g/mol. The van der Waals surface area contributed by atoms with Gasteiger partial charge < -0.3 is 14.4 Å². The second-order valence-corrected chi connectivity index (χ2v) is 13.8. The highest BCUT2D eigenvalue weighted by atomic mass is 79.9. The number of halogens is 4. The van der Waals surface area contributed by atoms with Gasteiger partial charge in [0.1, 0.15) is 29.9 Å². The standard InChI is InChI=1S/C33H37BrClF2N5O2/c1-3-5-26-27-11-8-22(41(27)16-20-6-9-23(43-2)10-7-20)18-42(26)31-28-29(34)24(35)14-25(37)30(28)38-32(39-31)44-19-33-12-4-13-40(33)17-21(36)15-33/h3,6-7,9-10,14,21-22,26-27H,1,4-5,8,11-13,15-19H2,2H3/t21-,22-,26-,27+,33+/m1/s1. The summed E-state index contributed by atoms with van der Waals surface area (Å²) in [6.07, 6.45) is 6.21. The molecule has 0 saturated carbocycles. The molecule has 0 aliphatic carbocycles. The Hall–Kier alpha value is -2.53. The smallest absolute Gasteiger partial charge is 0.319 e. The van der Waals surface area contributed by atoms with Gasteiger partial charge >= 0.3 is 6.01 Å². The number of methoxy groups -OCH3 is 1. The zero-order valence-electron chi connectivity index (χ0n) is 24.8. The Balaban J connectivity index is 1.25. The molecule has 4 aliphatic heterocycles. The number of aromatic nitrogens is 2. The molecule has 4 aliphatic rings. The molecule has 44 heavy (non-hydrogen) atoms. The van der Waals surface area contributed by atoms with Gasteiger partial charge in [-0.15, -0.1) is 6.58 Å². The van der Waals surface area contributed by atoms with E-state index in [1.807, 2.05) is 18.2 Å². The number of anilines is 1. The van der Waals surface area contributed by atoms with E-state index in [9.17, 15) is 4.39 Å². The third-order valence-electron chi connectivity index (χ3n) is 10.2. The summed E-state index contributed by atoms with van der Waals surface area (Å²) in [5.74, 6) is 0.906. The lowest BCUT2D eigenvalue weighted by molar-refractivity contribution is 0.107. The van der Waals surface area contributed by atoms with E-state index in [2.05, 4.69) is 54.3 Å². The van der Waals surface area contributed by atoms with Gasteiger partial charge in [-0.05, 0) is 78.3 Å². The molecule has 2 bridgehead atoms. The summed E-state index contributed by atoms with van der Waals surface area (Å²) < 4.78 is 42.2. The van der Waals surface area contributed by atoms with Gasteiger partial charge in [-0.2, -0.15) is 9.97 Å². The first-order valence-corrected chi connectivity index (χ1v) is 16.6. The summed E-state index contributed by atoms with van der Waals surface area (Å²) in [6, 6.07) is 10.2. The van der Waals surface area contributed by atoms with Crippen LogP contribution < -0.4 is 14.4 Å². The van der Waals surface area contributed by atoms with E-state index in [1.54, 1.807) is 7.11 Å². The zero-order chi connectivity index (χ0) is 30.6. The first-order chi connectivity index (χ1) is 21.3. The number of alkyl halides is 1. The van der Waals surface area contributed by atoms with Gasteiger partial charge in [-0.25, -0.2) is 8.78 Å². The van der Waals surface area contributed by atoms with Gasteiger partial charge in [0.25, 0.3) is 0 Å². The summed E-state index contributed by atoms with van der Waals surface area (Å²) in [4.78, 5) is 16.6. The summed E-state index contributed by atoms with van der Waals surface area (Å²) in [6.45, 7) is 7.19. The SMILES string of the molecule is C=CC[C@@H]1[C@@H]2CC[C@H](CN1c1nc(OC[C@@]34CCCN3C[C@H](F)C4)nc3c(F)cc(Cl)c(Br)c13)N2Cc1ccc(OC)cc1. The molecule has 1 aromatic heterocycles. The fraction of sp³-hybridized carbons (Fsp3) is 0.515. The van der Waals surface area contributed by atoms with Crippen LogP contribution in [0.5, 0.6) is 11.8 Å². The molecule has 234 valence electrons. The highest BCUT2D eigenvalue weighted by molar-refractivity contribution is 9.10. The molecule has 2 aromatic carbocycles. The van der Waals surface area contributed by atoms with Crippen molar-refractivity contribution < 1.29 is 18.3 Å². The molecule has 7 rings (SSSR count). The maximum atomic E-state index is 15.6. The monoisotopic (exact) mass is 687 g/mol. The molecule has 0 spiro atoms. The highest BCUT2D eigenvalue weighted by Gasteiger charge is 2.50. The van der Waals surface area contributed by atoms with Crippen molar-refractivity contribution in [3.8, 4) is 11.8 Å². The van der Waals surface area contributed by atoms with Gasteiger partial charge in [0.15, 0.2) is 5.82 Å². The number of piperazine rings is 1. The molecular formula is C33H37BrClF2N5O2. The zero-order valence-corrected chi connectivity index (χ0v) is 27.2. The van der Waals surface area contributed by atoms with E-state index in [0.29, 0.717) is 35.2 Å². The molecule has 0 N–H and O–H groups in total. The van der Waals surface area contributed by atoms with Crippen LogP contribution in [-0.2, 0) is 6.54 Å². The van der Waals surface area contributed by atoms with E-state index in [4.69, 9.17) is 26.1 Å². The van der Waals surface area contributed by atoms with Crippen molar-refractivity contribution in [3.63, 3.8) is 0 Å². The summed E-state index contributed by atoms with van der Waals surface area (Å²) >= 11 is 10.1. The van der Waals surface area contributed by atoms with Crippen LogP contribution in [0, 0.1) is 5.82 Å². The van der Waals surface area contributed by atoms with E-state index in [1.165, 1.54) is 11.6 Å². The third-order valence-corrected chi connectivity index (χ3v) is 11.5. The van der Waals surface area contributed by atoms with Crippen LogP contribution in [0.15, 0.2) is 47.5 Å². The second-order valence-electron chi connectivity index (χ2n) is 12.6. The molecular weight excluding hydrogens is 652 g/mol. The minimum atomic E-state index is -0.869. The Bertz CT molecular complexity index is 1560. The van der Waals surface area contributed by atoms with Crippen molar-refractivity contribution in [1.82, 2.24) is 19.8 Å². The number of rotatable bonds is 9. The maximum Gasteiger partial charge on any atom is 0.319 e. The van der Waals surface area contributed by atoms with Crippen molar-refractivity contribution >= 4 is 44.3 Å². The molecule has 7 nitrogen and oxygen atoms in total. The molecule has 3 aromatic rings. The van der Waals surface area contributed by atoms with Crippen molar-refractivity contribution in [3.05, 3.63) is 63.9 Å². The fourth-order valence-electron chi connectivity index (χ4n) is 8.12. The third kappa shape index (κ3) is 5.25. The first-order valence-electron chi connectivity index (χ1n) is 15.4. The minimum Gasteiger partial charge on any atom is -0.497 e. The lowest BCUT2D eigenvalue weighted by atomic mass is 9.95. The Labute approximate surface area is 270 Å². The molecule has 4 saturated heterocycles. The molecule has 0 unspecified atom stereocenters. The van der Waals surface area contributed by atoms with Gasteiger partial charge in [0.2, 0.25) is 0 Å². The number of nitrogens with zero attached hydrogens (tertiary/aromatic N) is 5. The topological polar surface area (TPSA) is 54.0 Å². The molecule has 5 atom stereocenters. The summed E-state index contributed by atoms with van der Waals surface area (Å²) in [5.41, 5.74) is 1.02. The molecule has 4 fully saturated rings. The predicted molar refractivity (Wildman–Crippen MR) is 172 cm³/mol. The average Bonchev–Trinajstić information content (AvgIpc) is 3.64. The van der Waals surface area contributed by atoms with Crippen LogP contribution >= 0.6 is 27.5 Å². The number of hydrogen-bond acceptors (Lipinski definition) is 7. The number of ether oxygens (including phenoxy) is 2. The van der Waals surface area contributed by atoms with Crippen molar-refractivity contribution in [2.24, 2.45) is 0 Å². The van der Waals surface area contributed by atoms with Gasteiger partial charge in [0.05, 0.1) is 23.1 Å². The summed E-state index contributed by atoms with van der Waals surface area (Å²) in [7, 11) is 1.68. The Morgan fingerprint density at radius 2 is 2.02 bits per heavy atom. The summed E-state index contributed by atoms with van der Waals surface area (Å²) in [5, 5.41) is 0.792. The van der Waals surface area contributed by atoms with Crippen LogP contribution in [0.25, 0.3) is 10.9 Å². The largest absolute Gasteiger partial charge is 0.497 e. The van der Waals surface area contributed by atoms with Crippen LogP contribution in [0.1, 0.15) is 44.1 Å². The fourth-order valence-corrected chi connectivity index (χ4v) is 8.79. The molecule has 11 heteroatoms. The minimum absolute atomic E-state index is 0.0513. The lowest BCUT2D eigenvalue weighted by Gasteiger charge is -2.48. The quantitative estimate of drug-likeness (QED) is 0.178.